The van der Waals surface area contributed by atoms with E-state index in [4.69, 9.17) is 14.3 Å². The zero-order valence-electron chi connectivity index (χ0n) is 13.9. The highest BCUT2D eigenvalue weighted by atomic mass is 16.6. The molecule has 0 saturated heterocycles. The third-order valence-electron chi connectivity index (χ3n) is 3.22. The quantitative estimate of drug-likeness (QED) is 0.267. The highest BCUT2D eigenvalue weighted by Gasteiger charge is 2.09. The van der Waals surface area contributed by atoms with Gasteiger partial charge in [-0.2, -0.15) is 0 Å². The molecular formula is C19H19NO4. The van der Waals surface area contributed by atoms with Crippen LogP contribution >= 0.6 is 0 Å². The summed E-state index contributed by atoms with van der Waals surface area (Å²) in [6.45, 7) is 1.78. The number of oxime groups is 1. The summed E-state index contributed by atoms with van der Waals surface area (Å²) < 4.78 is 10.5. The molecule has 0 fully saturated rings. The van der Waals surface area contributed by atoms with E-state index in [-0.39, 0.29) is 0 Å². The van der Waals surface area contributed by atoms with E-state index in [1.54, 1.807) is 32.2 Å². The van der Waals surface area contributed by atoms with Gasteiger partial charge < -0.3 is 14.3 Å². The van der Waals surface area contributed by atoms with Crippen molar-refractivity contribution in [3.8, 4) is 11.5 Å². The second-order valence-electron chi connectivity index (χ2n) is 4.89. The Morgan fingerprint density at radius 3 is 2.62 bits per heavy atom. The lowest BCUT2D eigenvalue weighted by Crippen LogP contribution is -2.08. The van der Waals surface area contributed by atoms with E-state index in [9.17, 15) is 4.79 Å². The standard InChI is InChI=1S/C19H19NO4/c1-14(20-23-3)17-9-4-5-10-18(17)24-19(21)12-11-15-7-6-8-16(13-15)22-2/h4-13H,1-3H3/b12-11+,20-14+. The van der Waals surface area contributed by atoms with Crippen LogP contribution < -0.4 is 9.47 Å². The van der Waals surface area contributed by atoms with Crippen LogP contribution in [0.25, 0.3) is 6.08 Å². The number of hydrogen-bond acceptors (Lipinski definition) is 5. The summed E-state index contributed by atoms with van der Waals surface area (Å²) in [6, 6.07) is 14.5. The number of hydrogen-bond donors (Lipinski definition) is 0. The summed E-state index contributed by atoms with van der Waals surface area (Å²) in [6.07, 6.45) is 3.04. The van der Waals surface area contributed by atoms with Gasteiger partial charge in [0.1, 0.15) is 18.6 Å². The lowest BCUT2D eigenvalue weighted by molar-refractivity contribution is -0.128. The van der Waals surface area contributed by atoms with Crippen LogP contribution in [0.1, 0.15) is 18.1 Å². The van der Waals surface area contributed by atoms with Gasteiger partial charge in [0, 0.05) is 11.6 Å². The van der Waals surface area contributed by atoms with Gasteiger partial charge in [0.05, 0.1) is 12.8 Å². The van der Waals surface area contributed by atoms with E-state index in [1.807, 2.05) is 36.4 Å². The van der Waals surface area contributed by atoms with Crippen molar-refractivity contribution in [3.05, 3.63) is 65.7 Å². The summed E-state index contributed by atoms with van der Waals surface area (Å²) in [5.41, 5.74) is 2.16. The van der Waals surface area contributed by atoms with Gasteiger partial charge in [-0.25, -0.2) is 4.79 Å². The van der Waals surface area contributed by atoms with Crippen molar-refractivity contribution >= 4 is 17.8 Å². The molecule has 0 N–H and O–H groups in total. The highest BCUT2D eigenvalue weighted by molar-refractivity contribution is 6.01. The van der Waals surface area contributed by atoms with Crippen molar-refractivity contribution < 1.29 is 19.1 Å². The molecule has 5 heteroatoms. The minimum absolute atomic E-state index is 0.427. The number of methoxy groups -OCH3 is 1. The van der Waals surface area contributed by atoms with Gasteiger partial charge in [-0.1, -0.05) is 29.4 Å². The molecule has 0 atom stereocenters. The Morgan fingerprint density at radius 2 is 1.88 bits per heavy atom. The minimum Gasteiger partial charge on any atom is -0.497 e. The van der Waals surface area contributed by atoms with Gasteiger partial charge in [-0.05, 0) is 42.8 Å². The first-order valence-corrected chi connectivity index (χ1v) is 7.35. The van der Waals surface area contributed by atoms with Crippen LogP contribution in [0.5, 0.6) is 11.5 Å². The molecule has 0 amide bonds. The molecule has 2 aromatic rings. The second-order valence-corrected chi connectivity index (χ2v) is 4.89. The topological polar surface area (TPSA) is 57.1 Å². The fourth-order valence-electron chi connectivity index (χ4n) is 2.09. The van der Waals surface area contributed by atoms with Gasteiger partial charge in [0.25, 0.3) is 0 Å². The maximum Gasteiger partial charge on any atom is 0.336 e. The number of para-hydroxylation sites is 1. The fraction of sp³-hybridized carbons (Fsp3) is 0.158. The Morgan fingerprint density at radius 1 is 1.08 bits per heavy atom. The largest absolute Gasteiger partial charge is 0.497 e. The molecule has 0 bridgehead atoms. The van der Waals surface area contributed by atoms with Crippen LogP contribution in [0.3, 0.4) is 0 Å². The Labute approximate surface area is 141 Å². The molecule has 0 aromatic heterocycles. The molecule has 2 aromatic carbocycles. The van der Waals surface area contributed by atoms with Gasteiger partial charge in [-0.15, -0.1) is 0 Å². The number of carbonyl (C=O) groups excluding carboxylic acids is 1. The monoisotopic (exact) mass is 325 g/mol. The SMILES string of the molecule is CO/N=C(\C)c1ccccc1OC(=O)/C=C/c1cccc(OC)c1. The van der Waals surface area contributed by atoms with Crippen molar-refractivity contribution in [2.75, 3.05) is 14.2 Å². The van der Waals surface area contributed by atoms with Crippen LogP contribution in [0.4, 0.5) is 0 Å². The number of carbonyl (C=O) groups is 1. The molecule has 5 nitrogen and oxygen atoms in total. The lowest BCUT2D eigenvalue weighted by Gasteiger charge is -2.08. The highest BCUT2D eigenvalue weighted by Crippen LogP contribution is 2.20. The Bertz CT molecular complexity index is 765. The maximum atomic E-state index is 12.1. The van der Waals surface area contributed by atoms with E-state index < -0.39 is 5.97 Å². The summed E-state index contributed by atoms with van der Waals surface area (Å²) in [4.78, 5) is 16.8. The van der Waals surface area contributed by atoms with Gasteiger partial charge >= 0.3 is 5.97 Å². The van der Waals surface area contributed by atoms with Crippen molar-refractivity contribution in [1.29, 1.82) is 0 Å². The minimum atomic E-state index is -0.476. The fourth-order valence-corrected chi connectivity index (χ4v) is 2.09. The molecule has 0 unspecified atom stereocenters. The van der Waals surface area contributed by atoms with Gasteiger partial charge in [-0.3, -0.25) is 0 Å². The molecule has 24 heavy (non-hydrogen) atoms. The zero-order chi connectivity index (χ0) is 17.4. The predicted octanol–water partition coefficient (Wildman–Crippen LogP) is 3.68. The van der Waals surface area contributed by atoms with Crippen LogP contribution in [0, 0.1) is 0 Å². The summed E-state index contributed by atoms with van der Waals surface area (Å²) in [7, 11) is 3.06. The van der Waals surface area contributed by atoms with E-state index >= 15 is 0 Å². The van der Waals surface area contributed by atoms with Crippen molar-refractivity contribution in [2.24, 2.45) is 5.16 Å². The first-order valence-electron chi connectivity index (χ1n) is 7.35. The first-order chi connectivity index (χ1) is 11.6. The molecule has 0 radical (unpaired) electrons. The molecule has 0 spiro atoms. The second kappa shape index (κ2) is 8.53. The number of benzene rings is 2. The first kappa shape index (κ1) is 17.3. The smallest absolute Gasteiger partial charge is 0.336 e. The van der Waals surface area contributed by atoms with Crippen LogP contribution in [-0.2, 0) is 9.63 Å². The van der Waals surface area contributed by atoms with Crippen LogP contribution in [-0.4, -0.2) is 25.9 Å². The molecule has 2 rings (SSSR count). The summed E-state index contributed by atoms with van der Waals surface area (Å²) in [5, 5.41) is 3.87. The summed E-state index contributed by atoms with van der Waals surface area (Å²) >= 11 is 0. The average Bonchev–Trinajstić information content (AvgIpc) is 2.61. The Balaban J connectivity index is 2.12. The maximum absolute atomic E-state index is 12.1. The lowest BCUT2D eigenvalue weighted by atomic mass is 10.1. The predicted molar refractivity (Wildman–Crippen MR) is 93.3 cm³/mol. The average molecular weight is 325 g/mol. The van der Waals surface area contributed by atoms with Gasteiger partial charge in [0.2, 0.25) is 0 Å². The van der Waals surface area contributed by atoms with E-state index in [0.717, 1.165) is 11.3 Å². The number of nitrogens with zero attached hydrogens (tertiary/aromatic N) is 1. The van der Waals surface area contributed by atoms with Crippen molar-refractivity contribution in [1.82, 2.24) is 0 Å². The van der Waals surface area contributed by atoms with E-state index in [2.05, 4.69) is 5.16 Å². The van der Waals surface area contributed by atoms with Gasteiger partial charge in [0.15, 0.2) is 0 Å². The molecular weight excluding hydrogens is 306 g/mol. The van der Waals surface area contributed by atoms with Crippen LogP contribution in [0.15, 0.2) is 59.8 Å². The Hall–Kier alpha value is -3.08. The Kier molecular flexibility index (Phi) is 6.14. The zero-order valence-corrected chi connectivity index (χ0v) is 13.9. The molecule has 124 valence electrons. The third-order valence-corrected chi connectivity index (χ3v) is 3.22. The molecule has 0 heterocycles. The number of esters is 1. The van der Waals surface area contributed by atoms with E-state index in [0.29, 0.717) is 17.0 Å². The normalized spacial score (nSPS) is 11.4. The molecule has 0 aliphatic carbocycles. The summed E-state index contributed by atoms with van der Waals surface area (Å²) in [5.74, 6) is 0.675. The molecule has 0 aliphatic rings. The number of ether oxygens (including phenoxy) is 2. The van der Waals surface area contributed by atoms with Crippen molar-refractivity contribution in [3.63, 3.8) is 0 Å². The van der Waals surface area contributed by atoms with E-state index in [1.165, 1.54) is 13.2 Å². The molecule has 0 saturated carbocycles. The number of rotatable bonds is 6. The third kappa shape index (κ3) is 4.71. The van der Waals surface area contributed by atoms with Crippen LogP contribution in [0.2, 0.25) is 0 Å². The van der Waals surface area contributed by atoms with Crippen molar-refractivity contribution in [2.45, 2.75) is 6.92 Å². The molecule has 0 aliphatic heterocycles.